The minimum atomic E-state index is 0.525. The van der Waals surface area contributed by atoms with E-state index in [4.69, 9.17) is 22.1 Å². The number of nitrogens with two attached hydrogens (primary N) is 1. The summed E-state index contributed by atoms with van der Waals surface area (Å²) in [6.07, 6.45) is 8.61. The normalized spacial score (nSPS) is 14.9. The molecule has 0 aliphatic heterocycles. The maximum Gasteiger partial charge on any atom is 0.145 e. The van der Waals surface area contributed by atoms with Gasteiger partial charge in [0.15, 0.2) is 0 Å². The maximum atomic E-state index is 6.49. The average molecular weight is 266 g/mol. The molecule has 0 radical (unpaired) electrons. The molecular weight excluding hydrogens is 246 g/mol. The molecule has 2 nitrogen and oxygen atoms in total. The van der Waals surface area contributed by atoms with Gasteiger partial charge in [0, 0.05) is 12.1 Å². The molecule has 0 atom stereocenters. The molecule has 0 amide bonds. The van der Waals surface area contributed by atoms with Crippen LogP contribution in [0, 0.1) is 6.92 Å². The zero-order valence-electron chi connectivity index (χ0n) is 11.1. The van der Waals surface area contributed by atoms with Crippen molar-refractivity contribution in [2.24, 2.45) is 5.73 Å². The van der Waals surface area contributed by atoms with Gasteiger partial charge < -0.3 is 10.5 Å². The number of fused-ring (bicyclic) bond motifs is 1. The van der Waals surface area contributed by atoms with E-state index in [-0.39, 0.29) is 0 Å². The molecule has 0 saturated carbocycles. The molecule has 98 valence electrons. The van der Waals surface area contributed by atoms with E-state index in [1.165, 1.54) is 29.5 Å². The van der Waals surface area contributed by atoms with Crippen molar-refractivity contribution in [2.75, 3.05) is 13.7 Å². The van der Waals surface area contributed by atoms with Crippen molar-refractivity contribution in [1.82, 2.24) is 0 Å². The highest BCUT2D eigenvalue weighted by molar-refractivity contribution is 6.33. The Hall–Kier alpha value is -0.990. The summed E-state index contributed by atoms with van der Waals surface area (Å²) in [5.74, 6) is 0.791. The standard InChI is InChI=1S/C15H20ClNO/c1-10-11-6-3-4-7-13(11)14(16)15(18-2)12(10)8-5-9-17/h5,8H,3-4,6-7,9,17H2,1-2H3/b8-5+. The van der Waals surface area contributed by atoms with Crippen molar-refractivity contribution in [3.63, 3.8) is 0 Å². The highest BCUT2D eigenvalue weighted by atomic mass is 35.5. The van der Waals surface area contributed by atoms with Crippen LogP contribution in [0.1, 0.15) is 35.1 Å². The van der Waals surface area contributed by atoms with Gasteiger partial charge in [0.2, 0.25) is 0 Å². The van der Waals surface area contributed by atoms with Crippen LogP contribution in [0.15, 0.2) is 6.08 Å². The van der Waals surface area contributed by atoms with E-state index in [0.29, 0.717) is 6.54 Å². The number of benzene rings is 1. The van der Waals surface area contributed by atoms with E-state index in [0.717, 1.165) is 29.2 Å². The predicted molar refractivity (Wildman–Crippen MR) is 77.5 cm³/mol. The lowest BCUT2D eigenvalue weighted by Crippen LogP contribution is -2.09. The van der Waals surface area contributed by atoms with Crippen LogP contribution in [-0.4, -0.2) is 13.7 Å². The Morgan fingerprint density at radius 1 is 1.28 bits per heavy atom. The fourth-order valence-electron chi connectivity index (χ4n) is 2.74. The van der Waals surface area contributed by atoms with Crippen LogP contribution in [0.3, 0.4) is 0 Å². The monoisotopic (exact) mass is 265 g/mol. The van der Waals surface area contributed by atoms with E-state index < -0.39 is 0 Å². The number of rotatable bonds is 3. The topological polar surface area (TPSA) is 35.2 Å². The summed E-state index contributed by atoms with van der Waals surface area (Å²) >= 11 is 6.49. The molecule has 0 aromatic heterocycles. The Balaban J connectivity index is 2.64. The van der Waals surface area contributed by atoms with E-state index >= 15 is 0 Å². The van der Waals surface area contributed by atoms with Crippen LogP contribution < -0.4 is 10.5 Å². The molecule has 0 fully saturated rings. The molecule has 3 heteroatoms. The molecule has 18 heavy (non-hydrogen) atoms. The molecule has 1 aromatic rings. The zero-order valence-corrected chi connectivity index (χ0v) is 11.8. The van der Waals surface area contributed by atoms with Crippen LogP contribution in [0.25, 0.3) is 6.08 Å². The number of hydrogen-bond donors (Lipinski definition) is 1. The number of hydrogen-bond acceptors (Lipinski definition) is 2. The number of ether oxygens (including phenoxy) is 1. The van der Waals surface area contributed by atoms with E-state index in [9.17, 15) is 0 Å². The van der Waals surface area contributed by atoms with Gasteiger partial charge >= 0.3 is 0 Å². The molecule has 0 unspecified atom stereocenters. The second kappa shape index (κ2) is 5.77. The molecule has 0 saturated heterocycles. The minimum Gasteiger partial charge on any atom is -0.495 e. The molecule has 1 aromatic carbocycles. The molecule has 1 aliphatic carbocycles. The van der Waals surface area contributed by atoms with Crippen molar-refractivity contribution < 1.29 is 4.74 Å². The van der Waals surface area contributed by atoms with Gasteiger partial charge in [-0.15, -0.1) is 0 Å². The summed E-state index contributed by atoms with van der Waals surface area (Å²) in [4.78, 5) is 0. The summed E-state index contributed by atoms with van der Waals surface area (Å²) in [6, 6.07) is 0. The largest absolute Gasteiger partial charge is 0.495 e. The van der Waals surface area contributed by atoms with Gasteiger partial charge in [-0.2, -0.15) is 0 Å². The lowest BCUT2D eigenvalue weighted by atomic mass is 9.85. The van der Waals surface area contributed by atoms with Crippen LogP contribution in [0.2, 0.25) is 5.02 Å². The van der Waals surface area contributed by atoms with Gasteiger partial charge in [0.25, 0.3) is 0 Å². The Labute approximate surface area is 114 Å². The van der Waals surface area contributed by atoms with E-state index in [2.05, 4.69) is 6.92 Å². The second-order valence-electron chi connectivity index (χ2n) is 4.69. The molecule has 2 rings (SSSR count). The Morgan fingerprint density at radius 3 is 2.56 bits per heavy atom. The van der Waals surface area contributed by atoms with Crippen LogP contribution in [0.4, 0.5) is 0 Å². The summed E-state index contributed by atoms with van der Waals surface area (Å²) in [5.41, 5.74) is 10.6. The Morgan fingerprint density at radius 2 is 1.94 bits per heavy atom. The average Bonchev–Trinajstić information content (AvgIpc) is 2.41. The predicted octanol–water partition coefficient (Wildman–Crippen LogP) is 3.51. The van der Waals surface area contributed by atoms with Crippen molar-refractivity contribution >= 4 is 17.7 Å². The summed E-state index contributed by atoms with van der Waals surface area (Å²) in [7, 11) is 1.68. The molecule has 0 spiro atoms. The first-order valence-corrected chi connectivity index (χ1v) is 6.82. The van der Waals surface area contributed by atoms with Gasteiger partial charge in [0.05, 0.1) is 12.1 Å². The first-order chi connectivity index (χ1) is 8.70. The van der Waals surface area contributed by atoms with Gasteiger partial charge in [-0.3, -0.25) is 0 Å². The lowest BCUT2D eigenvalue weighted by molar-refractivity contribution is 0.412. The summed E-state index contributed by atoms with van der Waals surface area (Å²) < 4.78 is 5.50. The molecular formula is C15H20ClNO. The third-order valence-electron chi connectivity index (χ3n) is 3.66. The number of halogens is 1. The second-order valence-corrected chi connectivity index (χ2v) is 5.07. The Kier molecular flexibility index (Phi) is 4.31. The quantitative estimate of drug-likeness (QED) is 0.908. The van der Waals surface area contributed by atoms with Crippen molar-refractivity contribution in [3.05, 3.63) is 33.4 Å². The molecule has 0 bridgehead atoms. The summed E-state index contributed by atoms with van der Waals surface area (Å²) in [6.45, 7) is 2.68. The Bertz CT molecular complexity index is 480. The fraction of sp³-hybridized carbons (Fsp3) is 0.467. The highest BCUT2D eigenvalue weighted by Crippen LogP contribution is 2.41. The first kappa shape index (κ1) is 13.4. The van der Waals surface area contributed by atoms with Crippen molar-refractivity contribution in [3.8, 4) is 5.75 Å². The third kappa shape index (κ3) is 2.27. The van der Waals surface area contributed by atoms with Crippen LogP contribution in [-0.2, 0) is 12.8 Å². The first-order valence-electron chi connectivity index (χ1n) is 6.45. The minimum absolute atomic E-state index is 0.525. The van der Waals surface area contributed by atoms with Gasteiger partial charge in [-0.1, -0.05) is 23.8 Å². The zero-order chi connectivity index (χ0) is 13.1. The van der Waals surface area contributed by atoms with Gasteiger partial charge in [0.1, 0.15) is 5.75 Å². The highest BCUT2D eigenvalue weighted by Gasteiger charge is 2.21. The smallest absolute Gasteiger partial charge is 0.145 e. The van der Waals surface area contributed by atoms with Crippen LogP contribution in [0.5, 0.6) is 5.75 Å². The van der Waals surface area contributed by atoms with Gasteiger partial charge in [-0.25, -0.2) is 0 Å². The molecule has 1 aliphatic rings. The molecule has 2 N–H and O–H groups in total. The van der Waals surface area contributed by atoms with Crippen molar-refractivity contribution in [1.29, 1.82) is 0 Å². The van der Waals surface area contributed by atoms with Crippen molar-refractivity contribution in [2.45, 2.75) is 32.6 Å². The van der Waals surface area contributed by atoms with E-state index in [1.54, 1.807) is 7.11 Å². The number of methoxy groups -OCH3 is 1. The third-order valence-corrected chi connectivity index (χ3v) is 4.06. The lowest BCUT2D eigenvalue weighted by Gasteiger charge is -2.23. The van der Waals surface area contributed by atoms with E-state index in [1.807, 2.05) is 12.2 Å². The van der Waals surface area contributed by atoms with Crippen LogP contribution >= 0.6 is 11.6 Å². The fourth-order valence-corrected chi connectivity index (χ4v) is 3.12. The summed E-state index contributed by atoms with van der Waals surface area (Å²) in [5, 5.41) is 0.787. The maximum absolute atomic E-state index is 6.49. The van der Waals surface area contributed by atoms with Gasteiger partial charge in [-0.05, 0) is 49.3 Å². The SMILES string of the molecule is COc1c(Cl)c2c(c(C)c1/C=C/CN)CCCC2. The molecule has 0 heterocycles.